The van der Waals surface area contributed by atoms with Crippen molar-refractivity contribution in [3.63, 3.8) is 0 Å². The Labute approximate surface area is 95.4 Å². The van der Waals surface area contributed by atoms with Crippen molar-refractivity contribution in [3.8, 4) is 0 Å². The Morgan fingerprint density at radius 1 is 1.12 bits per heavy atom. The number of rotatable bonds is 4. The molecule has 0 aliphatic rings. The highest BCUT2D eigenvalue weighted by atomic mass is 16.5. The SMILES string of the molecule is CC(=O)O[C@H](C(=O)C(C)C)c1ccccc1. The molecule has 0 aliphatic heterocycles. The van der Waals surface area contributed by atoms with E-state index in [1.54, 1.807) is 26.0 Å². The summed E-state index contributed by atoms with van der Waals surface area (Å²) in [6.07, 6.45) is -0.779. The van der Waals surface area contributed by atoms with Gasteiger partial charge in [-0.25, -0.2) is 0 Å². The zero-order valence-electron chi connectivity index (χ0n) is 9.77. The molecule has 1 aromatic carbocycles. The van der Waals surface area contributed by atoms with Crippen LogP contribution in [0, 0.1) is 5.92 Å². The van der Waals surface area contributed by atoms with Gasteiger partial charge in [-0.2, -0.15) is 0 Å². The van der Waals surface area contributed by atoms with Crippen molar-refractivity contribution in [2.75, 3.05) is 0 Å². The molecule has 16 heavy (non-hydrogen) atoms. The number of esters is 1. The molecule has 0 radical (unpaired) electrons. The van der Waals surface area contributed by atoms with E-state index in [-0.39, 0.29) is 11.7 Å². The Balaban J connectivity index is 2.96. The van der Waals surface area contributed by atoms with Gasteiger partial charge in [0.25, 0.3) is 0 Å². The van der Waals surface area contributed by atoms with Crippen LogP contribution in [0.1, 0.15) is 32.4 Å². The van der Waals surface area contributed by atoms with Crippen molar-refractivity contribution in [1.29, 1.82) is 0 Å². The minimum absolute atomic E-state index is 0.0820. The summed E-state index contributed by atoms with van der Waals surface area (Å²) in [5, 5.41) is 0. The number of ketones is 1. The first kappa shape index (κ1) is 12.4. The molecule has 0 fully saturated rings. The van der Waals surface area contributed by atoms with Gasteiger partial charge in [0.2, 0.25) is 0 Å². The molecule has 3 nitrogen and oxygen atoms in total. The first-order valence-electron chi connectivity index (χ1n) is 5.28. The number of hydrogen-bond donors (Lipinski definition) is 0. The summed E-state index contributed by atoms with van der Waals surface area (Å²) in [5.41, 5.74) is 0.719. The largest absolute Gasteiger partial charge is 0.450 e. The van der Waals surface area contributed by atoms with E-state index in [0.29, 0.717) is 0 Å². The Morgan fingerprint density at radius 2 is 1.69 bits per heavy atom. The van der Waals surface area contributed by atoms with Gasteiger partial charge in [-0.3, -0.25) is 9.59 Å². The third kappa shape index (κ3) is 3.19. The number of hydrogen-bond acceptors (Lipinski definition) is 3. The molecule has 0 amide bonds. The van der Waals surface area contributed by atoms with Gasteiger partial charge in [0.15, 0.2) is 11.9 Å². The molecule has 0 N–H and O–H groups in total. The van der Waals surface area contributed by atoms with E-state index >= 15 is 0 Å². The third-order valence-corrected chi connectivity index (χ3v) is 2.21. The van der Waals surface area contributed by atoms with E-state index in [2.05, 4.69) is 0 Å². The van der Waals surface area contributed by atoms with Crippen LogP contribution >= 0.6 is 0 Å². The van der Waals surface area contributed by atoms with Crippen molar-refractivity contribution >= 4 is 11.8 Å². The van der Waals surface area contributed by atoms with Gasteiger partial charge in [-0.1, -0.05) is 44.2 Å². The Bertz CT molecular complexity index is 368. The Kier molecular flexibility index (Phi) is 4.23. The smallest absolute Gasteiger partial charge is 0.303 e. The summed E-state index contributed by atoms with van der Waals surface area (Å²) in [6.45, 7) is 4.90. The van der Waals surface area contributed by atoms with Gasteiger partial charge < -0.3 is 4.74 Å². The van der Waals surface area contributed by atoms with Crippen LogP contribution in [0.5, 0.6) is 0 Å². The van der Waals surface area contributed by atoms with Gasteiger partial charge in [-0.05, 0) is 5.56 Å². The summed E-state index contributed by atoms with van der Waals surface area (Å²) < 4.78 is 5.07. The maximum atomic E-state index is 11.9. The third-order valence-electron chi connectivity index (χ3n) is 2.21. The highest BCUT2D eigenvalue weighted by Gasteiger charge is 2.25. The van der Waals surface area contributed by atoms with Gasteiger partial charge in [0, 0.05) is 12.8 Å². The highest BCUT2D eigenvalue weighted by Crippen LogP contribution is 2.21. The number of ether oxygens (including phenoxy) is 1. The monoisotopic (exact) mass is 220 g/mol. The lowest BCUT2D eigenvalue weighted by atomic mass is 9.98. The van der Waals surface area contributed by atoms with Crippen LogP contribution in [0.3, 0.4) is 0 Å². The average molecular weight is 220 g/mol. The maximum absolute atomic E-state index is 11.9. The molecule has 0 bridgehead atoms. The molecule has 0 heterocycles. The lowest BCUT2D eigenvalue weighted by Gasteiger charge is -2.18. The molecule has 1 rings (SSSR count). The molecule has 0 aliphatic carbocycles. The zero-order valence-corrected chi connectivity index (χ0v) is 9.77. The van der Waals surface area contributed by atoms with Crippen molar-refractivity contribution in [2.45, 2.75) is 26.9 Å². The fraction of sp³-hybridized carbons (Fsp3) is 0.385. The van der Waals surface area contributed by atoms with E-state index in [1.165, 1.54) is 6.92 Å². The number of carbonyl (C=O) groups is 2. The predicted octanol–water partition coefficient (Wildman–Crippen LogP) is 2.52. The Morgan fingerprint density at radius 3 is 2.12 bits per heavy atom. The van der Waals surface area contributed by atoms with Gasteiger partial charge in [0.05, 0.1) is 0 Å². The van der Waals surface area contributed by atoms with Gasteiger partial charge >= 0.3 is 5.97 Å². The van der Waals surface area contributed by atoms with E-state index in [1.807, 2.05) is 18.2 Å². The van der Waals surface area contributed by atoms with E-state index in [9.17, 15) is 9.59 Å². The second-order valence-electron chi connectivity index (χ2n) is 3.96. The fourth-order valence-electron chi connectivity index (χ4n) is 1.39. The lowest BCUT2D eigenvalue weighted by Crippen LogP contribution is -2.22. The number of carbonyl (C=O) groups excluding carboxylic acids is 2. The second-order valence-corrected chi connectivity index (χ2v) is 3.96. The molecule has 0 spiro atoms. The molecule has 86 valence electrons. The van der Waals surface area contributed by atoms with Crippen molar-refractivity contribution < 1.29 is 14.3 Å². The van der Waals surface area contributed by atoms with E-state index in [0.717, 1.165) is 5.56 Å². The van der Waals surface area contributed by atoms with E-state index < -0.39 is 12.1 Å². The van der Waals surface area contributed by atoms with Crippen LogP contribution in [0.2, 0.25) is 0 Å². The predicted molar refractivity (Wildman–Crippen MR) is 60.8 cm³/mol. The fourth-order valence-corrected chi connectivity index (χ4v) is 1.39. The minimum Gasteiger partial charge on any atom is -0.450 e. The summed E-state index contributed by atoms with van der Waals surface area (Å²) in [5.74, 6) is -0.686. The lowest BCUT2D eigenvalue weighted by molar-refractivity contribution is -0.154. The van der Waals surface area contributed by atoms with E-state index in [4.69, 9.17) is 4.74 Å². The van der Waals surface area contributed by atoms with Crippen LogP contribution in [0.15, 0.2) is 30.3 Å². The summed E-state index contributed by atoms with van der Waals surface area (Å²) >= 11 is 0. The average Bonchev–Trinajstić information content (AvgIpc) is 2.26. The first-order valence-corrected chi connectivity index (χ1v) is 5.28. The molecule has 3 heteroatoms. The molecule has 1 atom stereocenters. The van der Waals surface area contributed by atoms with Crippen molar-refractivity contribution in [3.05, 3.63) is 35.9 Å². The summed E-state index contributed by atoms with van der Waals surface area (Å²) in [4.78, 5) is 22.9. The molecule has 0 saturated carbocycles. The van der Waals surface area contributed by atoms with Crippen LogP contribution in [-0.4, -0.2) is 11.8 Å². The minimum atomic E-state index is -0.779. The topological polar surface area (TPSA) is 43.4 Å². The van der Waals surface area contributed by atoms with Crippen molar-refractivity contribution in [2.24, 2.45) is 5.92 Å². The molecule has 0 unspecified atom stereocenters. The van der Waals surface area contributed by atoms with Crippen LogP contribution in [-0.2, 0) is 14.3 Å². The molecular weight excluding hydrogens is 204 g/mol. The zero-order chi connectivity index (χ0) is 12.1. The molecule has 0 aromatic heterocycles. The van der Waals surface area contributed by atoms with Gasteiger partial charge in [-0.15, -0.1) is 0 Å². The van der Waals surface area contributed by atoms with Crippen LogP contribution in [0.4, 0.5) is 0 Å². The number of Topliss-reactive ketones (excluding diaryl/α,β-unsaturated/α-hetero) is 1. The first-order chi connectivity index (χ1) is 7.52. The van der Waals surface area contributed by atoms with Crippen LogP contribution < -0.4 is 0 Å². The highest BCUT2D eigenvalue weighted by molar-refractivity contribution is 5.87. The van der Waals surface area contributed by atoms with Crippen LogP contribution in [0.25, 0.3) is 0 Å². The molecule has 0 saturated heterocycles. The Hall–Kier alpha value is -1.64. The second kappa shape index (κ2) is 5.45. The molecule has 1 aromatic rings. The quantitative estimate of drug-likeness (QED) is 0.732. The molecular formula is C13H16O3. The summed E-state index contributed by atoms with van der Waals surface area (Å²) in [6, 6.07) is 9.06. The van der Waals surface area contributed by atoms with Crippen molar-refractivity contribution in [1.82, 2.24) is 0 Å². The maximum Gasteiger partial charge on any atom is 0.303 e. The number of benzene rings is 1. The summed E-state index contributed by atoms with van der Waals surface area (Å²) in [7, 11) is 0. The van der Waals surface area contributed by atoms with Gasteiger partial charge in [0.1, 0.15) is 0 Å². The normalized spacial score (nSPS) is 12.2. The standard InChI is InChI=1S/C13H16O3/c1-9(2)12(15)13(16-10(3)14)11-7-5-4-6-8-11/h4-9,13H,1-3H3/t13-/m0/s1.